The molecule has 0 aliphatic carbocycles. The molecule has 0 unspecified atom stereocenters. The molecule has 9 nitrogen and oxygen atoms in total. The molecule has 1 heterocycles. The zero-order valence-electron chi connectivity index (χ0n) is 12.9. The second-order valence-corrected chi connectivity index (χ2v) is 8.18. The Balaban J connectivity index is 2.22. The number of nitrogens with one attached hydrogen (secondary N) is 2. The standard InChI is InChI=1S/C15H12N2O7S2/c18-15-16-13(9-3-1-5-11(7-9)25(19,20)21)14(17-15)10-4-2-6-12(8-10)26(22,23)24/h1-8H,(H2,16,17,18)(H,19,20,21)(H,22,23,24). The van der Waals surface area contributed by atoms with E-state index >= 15 is 0 Å². The number of rotatable bonds is 4. The summed E-state index contributed by atoms with van der Waals surface area (Å²) < 4.78 is 63.6. The van der Waals surface area contributed by atoms with Gasteiger partial charge in [0.2, 0.25) is 0 Å². The highest BCUT2D eigenvalue weighted by molar-refractivity contribution is 7.86. The summed E-state index contributed by atoms with van der Waals surface area (Å²) in [5, 5.41) is 0. The van der Waals surface area contributed by atoms with Crippen LogP contribution in [0.5, 0.6) is 0 Å². The Morgan fingerprint density at radius 2 is 1.08 bits per heavy atom. The van der Waals surface area contributed by atoms with Crippen molar-refractivity contribution in [1.29, 1.82) is 0 Å². The van der Waals surface area contributed by atoms with E-state index in [2.05, 4.69) is 9.97 Å². The van der Waals surface area contributed by atoms with Gasteiger partial charge in [-0.05, 0) is 24.3 Å². The predicted octanol–water partition coefficient (Wildman–Crippen LogP) is 1.53. The molecule has 2 aromatic carbocycles. The zero-order chi connectivity index (χ0) is 19.1. The van der Waals surface area contributed by atoms with Gasteiger partial charge in [0, 0.05) is 11.1 Å². The molecule has 3 rings (SSSR count). The monoisotopic (exact) mass is 396 g/mol. The molecule has 3 aromatic rings. The lowest BCUT2D eigenvalue weighted by Crippen LogP contribution is -2.01. The van der Waals surface area contributed by atoms with E-state index in [-0.39, 0.29) is 32.3 Å². The van der Waals surface area contributed by atoms with Gasteiger partial charge in [-0.15, -0.1) is 0 Å². The minimum absolute atomic E-state index is 0.188. The lowest BCUT2D eigenvalue weighted by atomic mass is 10.1. The Hall–Kier alpha value is -2.73. The van der Waals surface area contributed by atoms with Crippen LogP contribution in [0.2, 0.25) is 0 Å². The molecule has 0 bridgehead atoms. The number of benzene rings is 2. The second-order valence-electron chi connectivity index (χ2n) is 5.33. The fourth-order valence-corrected chi connectivity index (χ4v) is 3.49. The molecule has 1 aromatic heterocycles. The van der Waals surface area contributed by atoms with E-state index in [0.717, 1.165) is 12.1 Å². The number of aromatic amines is 2. The third-order valence-corrected chi connectivity index (χ3v) is 5.27. The smallest absolute Gasteiger partial charge is 0.305 e. The first-order valence-electron chi connectivity index (χ1n) is 7.04. The van der Waals surface area contributed by atoms with Gasteiger partial charge in [-0.25, -0.2) is 4.79 Å². The van der Waals surface area contributed by atoms with Crippen LogP contribution in [0.1, 0.15) is 0 Å². The number of hydrogen-bond donors (Lipinski definition) is 4. The van der Waals surface area contributed by atoms with E-state index in [9.17, 15) is 30.7 Å². The van der Waals surface area contributed by atoms with E-state index in [1.807, 2.05) is 0 Å². The highest BCUT2D eigenvalue weighted by Crippen LogP contribution is 2.30. The Bertz CT molecular complexity index is 1160. The second kappa shape index (κ2) is 6.21. The SMILES string of the molecule is O=c1[nH]c(-c2cccc(S(=O)(=O)O)c2)c(-c2cccc(S(=O)(=O)O)c2)[nH]1. The normalized spacial score (nSPS) is 12.2. The first kappa shape index (κ1) is 18.1. The average molecular weight is 396 g/mol. The lowest BCUT2D eigenvalue weighted by Gasteiger charge is -2.06. The molecule has 0 amide bonds. The average Bonchev–Trinajstić information content (AvgIpc) is 2.95. The van der Waals surface area contributed by atoms with Crippen LogP contribution in [0, 0.1) is 0 Å². The summed E-state index contributed by atoms with van der Waals surface area (Å²) in [4.78, 5) is 16.0. The Morgan fingerprint density at radius 3 is 1.42 bits per heavy atom. The summed E-state index contributed by atoms with van der Waals surface area (Å²) >= 11 is 0. The summed E-state index contributed by atoms with van der Waals surface area (Å²) in [6.07, 6.45) is 0. The van der Waals surface area contributed by atoms with Crippen molar-refractivity contribution in [3.05, 3.63) is 59.0 Å². The maximum Gasteiger partial charge on any atom is 0.323 e. The first-order valence-corrected chi connectivity index (χ1v) is 9.92. The molecule has 0 saturated heterocycles. The van der Waals surface area contributed by atoms with E-state index < -0.39 is 25.9 Å². The fourth-order valence-electron chi connectivity index (χ4n) is 2.44. The van der Waals surface area contributed by atoms with Crippen LogP contribution < -0.4 is 5.69 Å². The summed E-state index contributed by atoms with van der Waals surface area (Å²) in [5.41, 5.74) is 0.307. The molecule has 0 radical (unpaired) electrons. The maximum absolute atomic E-state index is 11.8. The third kappa shape index (κ3) is 3.60. The van der Waals surface area contributed by atoms with Gasteiger partial charge in [0.25, 0.3) is 20.2 Å². The van der Waals surface area contributed by atoms with Gasteiger partial charge in [-0.3, -0.25) is 9.11 Å². The molecule has 0 atom stereocenters. The van der Waals surface area contributed by atoms with E-state index in [1.54, 1.807) is 0 Å². The van der Waals surface area contributed by atoms with Crippen LogP contribution in [0.15, 0.2) is 63.1 Å². The topological polar surface area (TPSA) is 157 Å². The molecule has 4 N–H and O–H groups in total. The molecule has 26 heavy (non-hydrogen) atoms. The predicted molar refractivity (Wildman–Crippen MR) is 91.9 cm³/mol. The largest absolute Gasteiger partial charge is 0.323 e. The summed E-state index contributed by atoms with van der Waals surface area (Å²) in [6, 6.07) is 10.4. The van der Waals surface area contributed by atoms with Crippen LogP contribution in [0.3, 0.4) is 0 Å². The molecule has 0 aliphatic heterocycles. The van der Waals surface area contributed by atoms with Crippen LogP contribution >= 0.6 is 0 Å². The van der Waals surface area contributed by atoms with Gasteiger partial charge in [0.15, 0.2) is 0 Å². The van der Waals surface area contributed by atoms with Crippen LogP contribution in [0.4, 0.5) is 0 Å². The molecule has 0 fully saturated rings. The van der Waals surface area contributed by atoms with Crippen LogP contribution in [-0.2, 0) is 20.2 Å². The Morgan fingerprint density at radius 1 is 0.692 bits per heavy atom. The Kier molecular flexibility index (Phi) is 4.32. The first-order chi connectivity index (χ1) is 12.1. The van der Waals surface area contributed by atoms with Gasteiger partial charge in [-0.2, -0.15) is 16.8 Å². The molecule has 0 saturated carbocycles. The number of hydrogen-bond acceptors (Lipinski definition) is 5. The minimum Gasteiger partial charge on any atom is -0.305 e. The van der Waals surface area contributed by atoms with Crippen molar-refractivity contribution in [2.24, 2.45) is 0 Å². The van der Waals surface area contributed by atoms with Gasteiger partial charge in [0.05, 0.1) is 21.2 Å². The summed E-state index contributed by atoms with van der Waals surface area (Å²) in [5.74, 6) is 0. The van der Waals surface area contributed by atoms with Crippen molar-refractivity contribution in [2.45, 2.75) is 9.79 Å². The number of H-pyrrole nitrogens is 2. The van der Waals surface area contributed by atoms with Crippen molar-refractivity contribution < 1.29 is 25.9 Å². The molecule has 11 heteroatoms. The highest BCUT2D eigenvalue weighted by Gasteiger charge is 2.17. The number of aromatic nitrogens is 2. The van der Waals surface area contributed by atoms with E-state index in [4.69, 9.17) is 0 Å². The molecule has 0 spiro atoms. The van der Waals surface area contributed by atoms with E-state index in [0.29, 0.717) is 0 Å². The number of imidazole rings is 1. The molecule has 136 valence electrons. The van der Waals surface area contributed by atoms with Gasteiger partial charge in [-0.1, -0.05) is 24.3 Å². The highest BCUT2D eigenvalue weighted by atomic mass is 32.2. The van der Waals surface area contributed by atoms with Gasteiger partial charge in [0.1, 0.15) is 0 Å². The van der Waals surface area contributed by atoms with E-state index in [1.165, 1.54) is 36.4 Å². The molecular formula is C15H12N2O7S2. The molecule has 0 aliphatic rings. The van der Waals surface area contributed by atoms with Crippen molar-refractivity contribution in [3.63, 3.8) is 0 Å². The quantitative estimate of drug-likeness (QED) is 0.487. The summed E-state index contributed by atoms with van der Waals surface area (Å²) in [7, 11) is -8.89. The maximum atomic E-state index is 11.8. The van der Waals surface area contributed by atoms with Crippen molar-refractivity contribution >= 4 is 20.2 Å². The lowest BCUT2D eigenvalue weighted by molar-refractivity contribution is 0.481. The fraction of sp³-hybridized carbons (Fsp3) is 0. The zero-order valence-corrected chi connectivity index (χ0v) is 14.5. The third-order valence-electron chi connectivity index (χ3n) is 3.57. The van der Waals surface area contributed by atoms with Crippen molar-refractivity contribution in [2.75, 3.05) is 0 Å². The van der Waals surface area contributed by atoms with Crippen molar-refractivity contribution in [1.82, 2.24) is 9.97 Å². The minimum atomic E-state index is -4.44. The summed E-state index contributed by atoms with van der Waals surface area (Å²) in [6.45, 7) is 0. The van der Waals surface area contributed by atoms with Gasteiger partial charge < -0.3 is 9.97 Å². The Labute approximate surface area is 147 Å². The van der Waals surface area contributed by atoms with Crippen LogP contribution in [-0.4, -0.2) is 35.9 Å². The van der Waals surface area contributed by atoms with Crippen LogP contribution in [0.25, 0.3) is 22.5 Å². The van der Waals surface area contributed by atoms with Crippen molar-refractivity contribution in [3.8, 4) is 22.5 Å². The molecular weight excluding hydrogens is 384 g/mol. The van der Waals surface area contributed by atoms with Gasteiger partial charge >= 0.3 is 5.69 Å².